The van der Waals surface area contributed by atoms with Crippen molar-refractivity contribution >= 4 is 36.0 Å². The fourth-order valence-electron chi connectivity index (χ4n) is 0. The average molecular weight is 114 g/mol. The Kier molecular flexibility index (Phi) is 76.1. The van der Waals surface area contributed by atoms with Crippen LogP contribution in [0.25, 0.3) is 0 Å². The van der Waals surface area contributed by atoms with Gasteiger partial charge in [-0.15, -0.1) is 23.3 Å². The number of thiol groups is 3. The normalized spacial score (nSPS) is 3.00. The van der Waals surface area contributed by atoms with Gasteiger partial charge in [-0.3, -0.25) is 0 Å². The Labute approximate surface area is 42.6 Å². The van der Waals surface area contributed by atoms with Gasteiger partial charge in [-0.05, 0) is 6.26 Å². The Hall–Kier alpha value is 1.05. The maximum atomic E-state index is 3.53. The van der Waals surface area contributed by atoms with Crippen molar-refractivity contribution in [2.24, 2.45) is 0 Å². The molecule has 0 aromatic carbocycles. The summed E-state index contributed by atoms with van der Waals surface area (Å²) in [4.78, 5) is 0. The van der Waals surface area contributed by atoms with Gasteiger partial charge in [-0.1, -0.05) is 0 Å². The highest BCUT2D eigenvalue weighted by atomic mass is 33.1. The third kappa shape index (κ3) is 11.6. The van der Waals surface area contributed by atoms with Crippen molar-refractivity contribution in [2.45, 2.75) is 0 Å². The van der Waals surface area contributed by atoms with Crippen molar-refractivity contribution in [3.8, 4) is 0 Å². The molecule has 0 bridgehead atoms. The van der Waals surface area contributed by atoms with E-state index in [0.29, 0.717) is 0 Å². The molecule has 0 atom stereocenters. The molecule has 3 heteroatoms. The van der Waals surface area contributed by atoms with Gasteiger partial charge < -0.3 is 0 Å². The molecule has 0 aromatic rings. The van der Waals surface area contributed by atoms with E-state index in [0.717, 1.165) is 0 Å². The summed E-state index contributed by atoms with van der Waals surface area (Å²) in [6.07, 6.45) is 1.69. The molecular formula is CH6S3. The highest BCUT2D eigenvalue weighted by Crippen LogP contribution is 1.65. The van der Waals surface area contributed by atoms with Gasteiger partial charge in [0.05, 0.1) is 0 Å². The third-order valence-electron chi connectivity index (χ3n) is 0. The van der Waals surface area contributed by atoms with Gasteiger partial charge in [0.15, 0.2) is 0 Å². The molecular weight excluding hydrogens is 108 g/mol. The maximum absolute atomic E-state index is 3.53. The molecule has 4 heavy (non-hydrogen) atoms. The standard InChI is InChI=1S/CH4S.H2S2/c2*1-2/h2H,1H3;1-2H. The second-order valence-corrected chi connectivity index (χ2v) is 0. The molecule has 0 unspecified atom stereocenters. The van der Waals surface area contributed by atoms with Crippen LogP contribution in [0.2, 0.25) is 0 Å². The lowest BCUT2D eigenvalue weighted by molar-refractivity contribution is 2.55. The summed E-state index contributed by atoms with van der Waals surface area (Å²) in [5.41, 5.74) is 0. The Balaban J connectivity index is 0. The van der Waals surface area contributed by atoms with Gasteiger partial charge >= 0.3 is 0 Å². The monoisotopic (exact) mass is 114 g/mol. The van der Waals surface area contributed by atoms with Crippen molar-refractivity contribution in [1.82, 2.24) is 0 Å². The van der Waals surface area contributed by atoms with E-state index in [2.05, 4.69) is 36.0 Å². The fraction of sp³-hybridized carbons (Fsp3) is 1.00. The molecule has 0 rings (SSSR count). The Morgan fingerprint density at radius 1 is 1.00 bits per heavy atom. The summed E-state index contributed by atoms with van der Waals surface area (Å²) in [6.45, 7) is 0. The molecule has 28 valence electrons. The van der Waals surface area contributed by atoms with Gasteiger partial charge in [0.1, 0.15) is 0 Å². The van der Waals surface area contributed by atoms with E-state index >= 15 is 0 Å². The van der Waals surface area contributed by atoms with Gasteiger partial charge in [0.25, 0.3) is 0 Å². The summed E-state index contributed by atoms with van der Waals surface area (Å²) in [5, 5.41) is 0. The Morgan fingerprint density at radius 2 is 1.00 bits per heavy atom. The summed E-state index contributed by atoms with van der Waals surface area (Å²) < 4.78 is 0. The molecule has 0 N–H and O–H groups in total. The summed E-state index contributed by atoms with van der Waals surface area (Å²) in [5.74, 6) is 0. The topological polar surface area (TPSA) is 0 Å². The fourth-order valence-corrected chi connectivity index (χ4v) is 0. The molecule has 0 nitrogen and oxygen atoms in total. The molecule has 0 aliphatic carbocycles. The first-order chi connectivity index (χ1) is 2.00. The van der Waals surface area contributed by atoms with Crippen LogP contribution in [0.5, 0.6) is 0 Å². The smallest absolute Gasteiger partial charge is 0.0215 e. The highest BCUT2D eigenvalue weighted by Gasteiger charge is 0.901. The summed E-state index contributed by atoms with van der Waals surface area (Å²) in [6, 6.07) is 0. The van der Waals surface area contributed by atoms with Crippen molar-refractivity contribution in [2.75, 3.05) is 6.26 Å². The van der Waals surface area contributed by atoms with Crippen LogP contribution in [-0.2, 0) is 0 Å². The van der Waals surface area contributed by atoms with Crippen LogP contribution >= 0.6 is 36.0 Å². The minimum absolute atomic E-state index is 1.69. The lowest BCUT2D eigenvalue weighted by atomic mass is 12.0. The lowest BCUT2D eigenvalue weighted by Crippen LogP contribution is -0.865. The van der Waals surface area contributed by atoms with Gasteiger partial charge in [-0.25, -0.2) is 0 Å². The van der Waals surface area contributed by atoms with E-state index < -0.39 is 0 Å². The quantitative estimate of drug-likeness (QED) is 0.307. The zero-order valence-corrected chi connectivity index (χ0v) is 5.02. The first kappa shape index (κ1) is 8.90. The van der Waals surface area contributed by atoms with Crippen LogP contribution in [0, 0.1) is 0 Å². The maximum Gasteiger partial charge on any atom is -0.0215 e. The molecule has 0 saturated carbocycles. The molecule has 0 amide bonds. The summed E-state index contributed by atoms with van der Waals surface area (Å²) in [7, 11) is 0. The van der Waals surface area contributed by atoms with Gasteiger partial charge in [0, 0.05) is 0 Å². The minimum Gasteiger partial charge on any atom is -0.183 e. The first-order valence-electron chi connectivity index (χ1n) is 0.647. The van der Waals surface area contributed by atoms with Crippen LogP contribution < -0.4 is 0 Å². The molecule has 0 aliphatic heterocycles. The van der Waals surface area contributed by atoms with Gasteiger partial charge in [0.2, 0.25) is 0 Å². The summed E-state index contributed by atoms with van der Waals surface area (Å²) >= 11 is 9.97. The van der Waals surface area contributed by atoms with E-state index in [1.807, 2.05) is 0 Å². The predicted molar refractivity (Wildman–Crippen MR) is 32.9 cm³/mol. The SMILES string of the molecule is CS.SS. The Morgan fingerprint density at radius 3 is 1.00 bits per heavy atom. The van der Waals surface area contributed by atoms with E-state index in [-0.39, 0.29) is 0 Å². The van der Waals surface area contributed by atoms with Crippen molar-refractivity contribution in [3.05, 3.63) is 0 Å². The molecule has 0 heterocycles. The molecule has 0 aromatic heterocycles. The third-order valence-corrected chi connectivity index (χ3v) is 0. The highest BCUT2D eigenvalue weighted by molar-refractivity contribution is 8.59. The zero-order chi connectivity index (χ0) is 4.00. The van der Waals surface area contributed by atoms with Crippen molar-refractivity contribution in [1.29, 1.82) is 0 Å². The largest absolute Gasteiger partial charge is 0.183 e. The van der Waals surface area contributed by atoms with E-state index in [4.69, 9.17) is 0 Å². The van der Waals surface area contributed by atoms with E-state index in [1.165, 1.54) is 0 Å². The molecule has 0 radical (unpaired) electrons. The van der Waals surface area contributed by atoms with Crippen LogP contribution in [-0.4, -0.2) is 6.26 Å². The van der Waals surface area contributed by atoms with Crippen LogP contribution in [0.3, 0.4) is 0 Å². The number of hydrogen-bond acceptors (Lipinski definition) is 3. The van der Waals surface area contributed by atoms with Crippen LogP contribution in [0.1, 0.15) is 0 Å². The van der Waals surface area contributed by atoms with Crippen molar-refractivity contribution in [3.63, 3.8) is 0 Å². The van der Waals surface area contributed by atoms with E-state index in [1.54, 1.807) is 6.26 Å². The second kappa shape index (κ2) is 34.2. The lowest BCUT2D eigenvalue weighted by Gasteiger charge is -1.11. The Bertz CT molecular complexity index is 3.25. The molecule has 0 aliphatic rings. The average Bonchev–Trinajstić information content (AvgIpc) is 1.50. The first-order valence-corrected chi connectivity index (χ1v) is 3.14. The second-order valence-electron chi connectivity index (χ2n) is 0. The zero-order valence-electron chi connectivity index (χ0n) is 2.34. The molecule has 0 fully saturated rings. The van der Waals surface area contributed by atoms with Crippen molar-refractivity contribution < 1.29 is 0 Å². The van der Waals surface area contributed by atoms with E-state index in [9.17, 15) is 0 Å². The van der Waals surface area contributed by atoms with Crippen LogP contribution in [0.4, 0.5) is 0 Å². The van der Waals surface area contributed by atoms with Crippen LogP contribution in [0.15, 0.2) is 0 Å². The predicted octanol–water partition coefficient (Wildman–Crippen LogP) is 1.31. The number of hydrogen-bond donors (Lipinski definition) is 3. The molecule has 0 spiro atoms. The van der Waals surface area contributed by atoms with Gasteiger partial charge in [-0.2, -0.15) is 12.6 Å². The minimum atomic E-state index is 1.69. The molecule has 0 saturated heterocycles. The number of rotatable bonds is 0.